The van der Waals surface area contributed by atoms with Crippen LogP contribution in [0.4, 0.5) is 0 Å². The van der Waals surface area contributed by atoms with Gasteiger partial charge in [0.05, 0.1) is 6.04 Å². The molecule has 1 saturated heterocycles. The quantitative estimate of drug-likeness (QED) is 0.231. The van der Waals surface area contributed by atoms with E-state index in [1.807, 2.05) is 30.3 Å². The second-order valence-electron chi connectivity index (χ2n) is 9.00. The Bertz CT molecular complexity index is 1100. The molecule has 1 aliphatic rings. The zero-order chi connectivity index (χ0) is 26.9. The van der Waals surface area contributed by atoms with Gasteiger partial charge in [0, 0.05) is 25.1 Å². The molecule has 0 radical (unpaired) electrons. The number of benzene rings is 2. The molecule has 37 heavy (non-hydrogen) atoms. The van der Waals surface area contributed by atoms with E-state index in [1.54, 1.807) is 12.1 Å². The lowest BCUT2D eigenvalue weighted by atomic mass is 10.0. The molecule has 0 aromatic heterocycles. The number of carboxylic acid groups (broad SMARTS) is 1. The Kier molecular flexibility index (Phi) is 9.93. The van der Waals surface area contributed by atoms with Gasteiger partial charge in [-0.1, -0.05) is 42.5 Å². The lowest BCUT2D eigenvalue weighted by molar-refractivity contribution is -0.149. The van der Waals surface area contributed by atoms with E-state index < -0.39 is 47.9 Å². The monoisotopic (exact) mass is 528 g/mol. The van der Waals surface area contributed by atoms with Crippen molar-refractivity contribution >= 4 is 36.3 Å². The number of carbonyl (C=O) groups excluding carboxylic acids is 3. The van der Waals surface area contributed by atoms with Crippen LogP contribution in [0.1, 0.15) is 24.0 Å². The Morgan fingerprint density at radius 3 is 2.16 bits per heavy atom. The van der Waals surface area contributed by atoms with E-state index in [2.05, 4.69) is 23.3 Å². The SMILES string of the molecule is NC(CS)C(=O)NC(Cc1ccccc1)C(=O)NC(Cc1ccc(O)cc1)C(=O)N1CCCC1C(=O)O. The van der Waals surface area contributed by atoms with E-state index in [1.165, 1.54) is 17.0 Å². The highest BCUT2D eigenvalue weighted by molar-refractivity contribution is 7.80. The van der Waals surface area contributed by atoms with Crippen molar-refractivity contribution in [1.29, 1.82) is 0 Å². The first-order valence-electron chi connectivity index (χ1n) is 12.0. The summed E-state index contributed by atoms with van der Waals surface area (Å²) in [4.78, 5) is 52.5. The largest absolute Gasteiger partial charge is 0.508 e. The van der Waals surface area contributed by atoms with Gasteiger partial charge in [-0.25, -0.2) is 4.79 Å². The molecule has 4 atom stereocenters. The first-order chi connectivity index (χ1) is 17.7. The summed E-state index contributed by atoms with van der Waals surface area (Å²) in [6.45, 7) is 0.263. The molecule has 6 N–H and O–H groups in total. The average Bonchev–Trinajstić information content (AvgIpc) is 3.39. The van der Waals surface area contributed by atoms with Crippen LogP contribution in [0, 0.1) is 0 Å². The number of carbonyl (C=O) groups is 4. The lowest BCUT2D eigenvalue weighted by Crippen LogP contribution is -2.58. The Morgan fingerprint density at radius 2 is 1.54 bits per heavy atom. The van der Waals surface area contributed by atoms with Crippen molar-refractivity contribution in [2.75, 3.05) is 12.3 Å². The predicted molar refractivity (Wildman–Crippen MR) is 140 cm³/mol. The second kappa shape index (κ2) is 13.1. The highest BCUT2D eigenvalue weighted by Crippen LogP contribution is 2.20. The van der Waals surface area contributed by atoms with E-state index in [0.29, 0.717) is 18.4 Å². The minimum absolute atomic E-state index is 0.0484. The Balaban J connectivity index is 1.86. The number of aliphatic carboxylic acids is 1. The number of carboxylic acids is 1. The molecule has 1 aliphatic heterocycles. The molecule has 0 bridgehead atoms. The van der Waals surface area contributed by atoms with Gasteiger partial charge in [0.2, 0.25) is 17.7 Å². The van der Waals surface area contributed by atoms with Crippen LogP contribution in [0.5, 0.6) is 5.75 Å². The number of phenolic OH excluding ortho intramolecular Hbond substituents is 1. The van der Waals surface area contributed by atoms with Gasteiger partial charge in [-0.2, -0.15) is 12.6 Å². The molecule has 4 unspecified atom stereocenters. The number of aromatic hydroxyl groups is 1. The molecule has 2 aromatic carbocycles. The second-order valence-corrected chi connectivity index (χ2v) is 9.36. The predicted octanol–water partition coefficient (Wildman–Crippen LogP) is 0.480. The number of amides is 3. The van der Waals surface area contributed by atoms with Gasteiger partial charge >= 0.3 is 5.97 Å². The number of hydrogen-bond donors (Lipinski definition) is 6. The maximum Gasteiger partial charge on any atom is 0.326 e. The van der Waals surface area contributed by atoms with Crippen molar-refractivity contribution in [3.63, 3.8) is 0 Å². The van der Waals surface area contributed by atoms with Crippen molar-refractivity contribution in [3.05, 3.63) is 65.7 Å². The van der Waals surface area contributed by atoms with Crippen molar-refractivity contribution in [3.8, 4) is 5.75 Å². The van der Waals surface area contributed by atoms with Crippen molar-refractivity contribution in [1.82, 2.24) is 15.5 Å². The summed E-state index contributed by atoms with van der Waals surface area (Å²) in [7, 11) is 0. The molecule has 0 spiro atoms. The summed E-state index contributed by atoms with van der Waals surface area (Å²) in [5, 5.41) is 24.6. The molecule has 11 heteroatoms. The van der Waals surface area contributed by atoms with Gasteiger partial charge in [0.1, 0.15) is 23.9 Å². The fourth-order valence-corrected chi connectivity index (χ4v) is 4.41. The minimum Gasteiger partial charge on any atom is -0.508 e. The Labute approximate surface area is 220 Å². The third-order valence-electron chi connectivity index (χ3n) is 6.26. The maximum absolute atomic E-state index is 13.5. The number of nitrogens with one attached hydrogen (secondary N) is 2. The molecule has 0 saturated carbocycles. The molecule has 2 aromatic rings. The van der Waals surface area contributed by atoms with Crippen LogP contribution < -0.4 is 16.4 Å². The van der Waals surface area contributed by atoms with Crippen LogP contribution in [0.3, 0.4) is 0 Å². The van der Waals surface area contributed by atoms with E-state index in [9.17, 15) is 29.4 Å². The first-order valence-corrected chi connectivity index (χ1v) is 12.6. The molecular weight excluding hydrogens is 496 g/mol. The van der Waals surface area contributed by atoms with Gasteiger partial charge in [0.25, 0.3) is 0 Å². The summed E-state index contributed by atoms with van der Waals surface area (Å²) in [6, 6.07) is 11.2. The van der Waals surface area contributed by atoms with E-state index in [4.69, 9.17) is 5.73 Å². The van der Waals surface area contributed by atoms with Crippen LogP contribution in [0.25, 0.3) is 0 Å². The highest BCUT2D eigenvalue weighted by Gasteiger charge is 2.38. The zero-order valence-electron chi connectivity index (χ0n) is 20.2. The molecule has 1 heterocycles. The molecule has 3 amide bonds. The van der Waals surface area contributed by atoms with Crippen molar-refractivity contribution in [2.24, 2.45) is 5.73 Å². The zero-order valence-corrected chi connectivity index (χ0v) is 21.1. The number of nitrogens with zero attached hydrogens (tertiary/aromatic N) is 1. The number of phenols is 1. The third kappa shape index (κ3) is 7.70. The van der Waals surface area contributed by atoms with Crippen LogP contribution >= 0.6 is 12.6 Å². The fourth-order valence-electron chi connectivity index (χ4n) is 4.25. The number of nitrogens with two attached hydrogens (primary N) is 1. The normalized spacial score (nSPS) is 17.5. The Hall–Kier alpha value is -3.57. The highest BCUT2D eigenvalue weighted by atomic mass is 32.1. The molecular formula is C26H32N4O6S. The number of likely N-dealkylation sites (tertiary alicyclic amines) is 1. The van der Waals surface area contributed by atoms with Gasteiger partial charge in [-0.15, -0.1) is 0 Å². The summed E-state index contributed by atoms with van der Waals surface area (Å²) < 4.78 is 0. The fraction of sp³-hybridized carbons (Fsp3) is 0.385. The van der Waals surface area contributed by atoms with Crippen LogP contribution in [-0.2, 0) is 32.0 Å². The number of hydrogen-bond acceptors (Lipinski definition) is 7. The first kappa shape index (κ1) is 28.0. The molecule has 1 fully saturated rings. The summed E-state index contributed by atoms with van der Waals surface area (Å²) >= 11 is 4.05. The average molecular weight is 529 g/mol. The Morgan fingerprint density at radius 1 is 0.946 bits per heavy atom. The van der Waals surface area contributed by atoms with E-state index in [0.717, 1.165) is 5.56 Å². The van der Waals surface area contributed by atoms with Crippen molar-refractivity contribution < 1.29 is 29.4 Å². The lowest BCUT2D eigenvalue weighted by Gasteiger charge is -2.29. The van der Waals surface area contributed by atoms with E-state index >= 15 is 0 Å². The number of thiol groups is 1. The van der Waals surface area contributed by atoms with Gasteiger partial charge in [-0.3, -0.25) is 14.4 Å². The third-order valence-corrected chi connectivity index (χ3v) is 6.65. The maximum atomic E-state index is 13.5. The van der Waals surface area contributed by atoms with Gasteiger partial charge in [0.15, 0.2) is 0 Å². The van der Waals surface area contributed by atoms with Crippen molar-refractivity contribution in [2.45, 2.75) is 49.9 Å². The van der Waals surface area contributed by atoms with Gasteiger partial charge < -0.3 is 31.5 Å². The topological polar surface area (TPSA) is 162 Å². The molecule has 3 rings (SSSR count). The van der Waals surface area contributed by atoms with Gasteiger partial charge in [-0.05, 0) is 36.1 Å². The molecule has 0 aliphatic carbocycles. The van der Waals surface area contributed by atoms with E-state index in [-0.39, 0.29) is 30.9 Å². The summed E-state index contributed by atoms with van der Waals surface area (Å²) in [6.07, 6.45) is 1.08. The van der Waals surface area contributed by atoms with Crippen LogP contribution in [-0.4, -0.2) is 75.3 Å². The smallest absolute Gasteiger partial charge is 0.326 e. The number of rotatable bonds is 11. The molecule has 10 nitrogen and oxygen atoms in total. The summed E-state index contributed by atoms with van der Waals surface area (Å²) in [5.74, 6) is -2.66. The van der Waals surface area contributed by atoms with Crippen LogP contribution in [0.15, 0.2) is 54.6 Å². The minimum atomic E-state index is -1.10. The summed E-state index contributed by atoms with van der Waals surface area (Å²) in [5.41, 5.74) is 7.23. The molecule has 198 valence electrons. The van der Waals surface area contributed by atoms with Crippen LogP contribution in [0.2, 0.25) is 0 Å². The standard InChI is InChI=1S/C26H32N4O6S/c27-19(15-37)23(32)28-20(13-16-5-2-1-3-6-16)24(33)29-21(14-17-8-10-18(31)11-9-17)25(34)30-12-4-7-22(30)26(35)36/h1-3,5-6,8-11,19-22,31,37H,4,7,12-15,27H2,(H,28,32)(H,29,33)(H,35,36).